The first-order valence-electron chi connectivity index (χ1n) is 11.5. The van der Waals surface area contributed by atoms with Crippen molar-refractivity contribution in [3.05, 3.63) is 82.9 Å². The number of carbonyl (C=O) groups is 1. The minimum absolute atomic E-state index is 0.0156. The summed E-state index contributed by atoms with van der Waals surface area (Å²) in [5.74, 6) is 0.960. The van der Waals surface area contributed by atoms with Crippen molar-refractivity contribution in [3.8, 4) is 28.8 Å². The number of nitrogens with zero attached hydrogens (tertiary/aromatic N) is 3. The zero-order valence-corrected chi connectivity index (χ0v) is 20.9. The van der Waals surface area contributed by atoms with Gasteiger partial charge in [0.15, 0.2) is 11.6 Å². The van der Waals surface area contributed by atoms with Gasteiger partial charge in [0, 0.05) is 23.7 Å². The number of ether oxygens (including phenoxy) is 2. The monoisotopic (exact) mass is 518 g/mol. The quantitative estimate of drug-likeness (QED) is 0.231. The number of nitrogens with one attached hydrogen (secondary N) is 1. The highest BCUT2D eigenvalue weighted by atomic mass is 32.2. The van der Waals surface area contributed by atoms with Crippen molar-refractivity contribution in [2.45, 2.75) is 25.0 Å². The maximum Gasteiger partial charge on any atom is 0.234 e. The third-order valence-corrected chi connectivity index (χ3v) is 6.91. The second kappa shape index (κ2) is 10.5. The number of hydrogen-bond acceptors (Lipinski definition) is 8. The van der Waals surface area contributed by atoms with Gasteiger partial charge in [-0.2, -0.15) is 4.98 Å². The van der Waals surface area contributed by atoms with Gasteiger partial charge in [0.05, 0.1) is 42.0 Å². The zero-order chi connectivity index (χ0) is 25.9. The number of pyridine rings is 1. The number of fused-ring (bicyclic) bond motifs is 2. The van der Waals surface area contributed by atoms with Crippen LogP contribution in [0.15, 0.2) is 59.8 Å². The van der Waals surface area contributed by atoms with Gasteiger partial charge in [0.25, 0.3) is 0 Å². The molecule has 0 aliphatic carbocycles. The molecule has 2 N–H and O–H groups in total. The number of para-hydroxylation sites is 2. The highest BCUT2D eigenvalue weighted by Gasteiger charge is 2.28. The van der Waals surface area contributed by atoms with E-state index in [9.17, 15) is 14.3 Å². The number of anilines is 1. The fourth-order valence-electron chi connectivity index (χ4n) is 4.05. The summed E-state index contributed by atoms with van der Waals surface area (Å²) in [6.07, 6.45) is 2.02. The van der Waals surface area contributed by atoms with Crippen molar-refractivity contribution in [1.29, 1.82) is 0 Å². The van der Waals surface area contributed by atoms with Crippen LogP contribution in [0.2, 0.25) is 0 Å². The molecule has 3 heterocycles. The summed E-state index contributed by atoms with van der Waals surface area (Å²) in [5, 5.41) is 13.0. The Hall–Kier alpha value is -4.02. The number of amides is 1. The summed E-state index contributed by atoms with van der Waals surface area (Å²) in [5.41, 5.74) is 3.59. The van der Waals surface area contributed by atoms with Gasteiger partial charge in [-0.1, -0.05) is 36.0 Å². The summed E-state index contributed by atoms with van der Waals surface area (Å²) >= 11 is 1.20. The number of aliphatic hydroxyl groups is 1. The Morgan fingerprint density at radius 2 is 1.95 bits per heavy atom. The van der Waals surface area contributed by atoms with Gasteiger partial charge in [-0.3, -0.25) is 9.78 Å². The first-order chi connectivity index (χ1) is 18.0. The Morgan fingerprint density at radius 3 is 2.73 bits per heavy atom. The highest BCUT2D eigenvalue weighted by molar-refractivity contribution is 8.00. The van der Waals surface area contributed by atoms with Crippen molar-refractivity contribution in [2.75, 3.05) is 18.2 Å². The number of thioether (sulfide) groups is 1. The number of halogens is 1. The lowest BCUT2D eigenvalue weighted by molar-refractivity contribution is -0.113. The molecule has 8 nitrogen and oxygen atoms in total. The molecular formula is C27H23FN4O4S. The maximum absolute atomic E-state index is 14.0. The van der Waals surface area contributed by atoms with E-state index in [0.29, 0.717) is 57.0 Å². The number of methoxy groups -OCH3 is 1. The number of hydrogen-bond donors (Lipinski definition) is 2. The first kappa shape index (κ1) is 24.7. The van der Waals surface area contributed by atoms with Crippen LogP contribution < -0.4 is 14.8 Å². The van der Waals surface area contributed by atoms with Crippen molar-refractivity contribution >= 4 is 23.4 Å². The lowest BCUT2D eigenvalue weighted by Gasteiger charge is -2.24. The Balaban J connectivity index is 1.52. The fourth-order valence-corrected chi connectivity index (χ4v) is 4.87. The molecular weight excluding hydrogens is 495 g/mol. The highest BCUT2D eigenvalue weighted by Crippen LogP contribution is 2.43. The minimum Gasteiger partial charge on any atom is -0.496 e. The number of aromatic nitrogens is 3. The van der Waals surface area contributed by atoms with E-state index < -0.39 is 5.82 Å². The van der Waals surface area contributed by atoms with Crippen LogP contribution in [0.1, 0.15) is 22.4 Å². The van der Waals surface area contributed by atoms with Gasteiger partial charge >= 0.3 is 0 Å². The molecule has 0 saturated carbocycles. The Morgan fingerprint density at radius 1 is 1.16 bits per heavy atom. The van der Waals surface area contributed by atoms with E-state index in [4.69, 9.17) is 14.5 Å². The van der Waals surface area contributed by atoms with Crippen LogP contribution in [0.25, 0.3) is 11.4 Å². The van der Waals surface area contributed by atoms with E-state index >= 15 is 0 Å². The molecule has 0 radical (unpaired) electrons. The topological polar surface area (TPSA) is 106 Å². The second-order valence-corrected chi connectivity index (χ2v) is 9.23. The average Bonchev–Trinajstić information content (AvgIpc) is 2.92. The first-order valence-corrected chi connectivity index (χ1v) is 12.4. The molecule has 4 aromatic rings. The largest absolute Gasteiger partial charge is 0.496 e. The van der Waals surface area contributed by atoms with Gasteiger partial charge in [0.1, 0.15) is 16.6 Å². The van der Waals surface area contributed by atoms with Gasteiger partial charge in [-0.25, -0.2) is 9.37 Å². The second-order valence-electron chi connectivity index (χ2n) is 8.27. The summed E-state index contributed by atoms with van der Waals surface area (Å²) in [4.78, 5) is 26.5. The summed E-state index contributed by atoms with van der Waals surface area (Å²) < 4.78 is 25.7. The van der Waals surface area contributed by atoms with Crippen LogP contribution in [-0.4, -0.2) is 38.8 Å². The van der Waals surface area contributed by atoms with Crippen molar-refractivity contribution in [3.63, 3.8) is 0 Å². The van der Waals surface area contributed by atoms with Gasteiger partial charge in [-0.05, 0) is 31.2 Å². The van der Waals surface area contributed by atoms with Crippen LogP contribution in [0.3, 0.4) is 0 Å². The van der Waals surface area contributed by atoms with E-state index in [0.717, 1.165) is 5.56 Å². The standard InChI is InChI=1S/C27H23FN4O4S/c1-15-24-18(16(13-33)12-29-15)11-19-26(36-24)31-25(17-7-3-6-10-22(17)35-2)32-27(19)37-14-23(34)30-21-9-5-4-8-20(21)28/h3-10,12,33H,11,13-14H2,1-2H3,(H,30,34). The van der Waals surface area contributed by atoms with Crippen LogP contribution in [-0.2, 0) is 17.8 Å². The van der Waals surface area contributed by atoms with E-state index in [1.54, 1.807) is 25.4 Å². The van der Waals surface area contributed by atoms with E-state index in [1.165, 1.54) is 23.9 Å². The predicted octanol–water partition coefficient (Wildman–Crippen LogP) is 4.91. The molecule has 0 bridgehead atoms. The lowest BCUT2D eigenvalue weighted by atomic mass is 9.99. The van der Waals surface area contributed by atoms with Crippen molar-refractivity contribution in [1.82, 2.24) is 15.0 Å². The number of aryl methyl sites for hydroxylation is 1. The average molecular weight is 519 g/mol. The molecule has 0 unspecified atom stereocenters. The summed E-state index contributed by atoms with van der Waals surface area (Å²) in [6, 6.07) is 13.3. The zero-order valence-electron chi connectivity index (χ0n) is 20.1. The molecule has 0 spiro atoms. The van der Waals surface area contributed by atoms with Crippen LogP contribution >= 0.6 is 11.8 Å². The molecule has 37 heavy (non-hydrogen) atoms. The fraction of sp³-hybridized carbons (Fsp3) is 0.185. The van der Waals surface area contributed by atoms with Gasteiger partial charge in [-0.15, -0.1) is 0 Å². The molecule has 1 amide bonds. The van der Waals surface area contributed by atoms with Gasteiger partial charge < -0.3 is 19.9 Å². The number of aliphatic hydroxyl groups excluding tert-OH is 1. The Kier molecular flexibility index (Phi) is 7.02. The van der Waals surface area contributed by atoms with Crippen molar-refractivity contribution < 1.29 is 23.8 Å². The normalized spacial score (nSPS) is 11.8. The molecule has 5 rings (SSSR count). The number of carbonyl (C=O) groups excluding carboxylic acids is 1. The molecule has 188 valence electrons. The Labute approximate surface area is 216 Å². The molecule has 2 aromatic heterocycles. The molecule has 0 atom stereocenters. The number of rotatable bonds is 7. The van der Waals surface area contributed by atoms with Crippen molar-refractivity contribution in [2.24, 2.45) is 0 Å². The van der Waals surface area contributed by atoms with Crippen LogP contribution in [0.4, 0.5) is 10.1 Å². The Bertz CT molecular complexity index is 1500. The smallest absolute Gasteiger partial charge is 0.234 e. The van der Waals surface area contributed by atoms with E-state index in [-0.39, 0.29) is 24.0 Å². The molecule has 2 aromatic carbocycles. The van der Waals surface area contributed by atoms with E-state index in [2.05, 4.69) is 15.3 Å². The molecule has 0 fully saturated rings. The van der Waals surface area contributed by atoms with E-state index in [1.807, 2.05) is 31.2 Å². The number of benzene rings is 2. The summed E-state index contributed by atoms with van der Waals surface area (Å²) in [6.45, 7) is 1.64. The van der Waals surface area contributed by atoms with Crippen LogP contribution in [0, 0.1) is 12.7 Å². The summed E-state index contributed by atoms with van der Waals surface area (Å²) in [7, 11) is 1.57. The molecule has 10 heteroatoms. The molecule has 0 saturated heterocycles. The third kappa shape index (κ3) is 4.98. The lowest BCUT2D eigenvalue weighted by Crippen LogP contribution is -2.16. The SMILES string of the molecule is COc1ccccc1-c1nc2c(c(SCC(=O)Nc3ccccc3F)n1)Cc1c(CO)cnc(C)c1O2. The maximum atomic E-state index is 14.0. The molecule has 1 aliphatic heterocycles. The van der Waals surface area contributed by atoms with Gasteiger partial charge in [0.2, 0.25) is 11.8 Å². The predicted molar refractivity (Wildman–Crippen MR) is 138 cm³/mol. The third-order valence-electron chi connectivity index (χ3n) is 5.89. The van der Waals surface area contributed by atoms with Crippen LogP contribution in [0.5, 0.6) is 17.4 Å². The molecule has 1 aliphatic rings. The minimum atomic E-state index is -0.510.